The van der Waals surface area contributed by atoms with Crippen molar-refractivity contribution >= 4 is 5.78 Å². The number of aromatic amines is 1. The number of ether oxygens (including phenoxy) is 1. The third-order valence-electron chi connectivity index (χ3n) is 4.12. The summed E-state index contributed by atoms with van der Waals surface area (Å²) in [5.74, 6) is -0.606. The summed E-state index contributed by atoms with van der Waals surface area (Å²) < 4.78 is 19.9. The van der Waals surface area contributed by atoms with E-state index in [1.807, 2.05) is 26.0 Å². The number of aromatic nitrogens is 3. The van der Waals surface area contributed by atoms with Crippen LogP contribution in [-0.2, 0) is 17.6 Å². The molecular weight excluding hydrogens is 323 g/mol. The molecule has 6 nitrogen and oxygen atoms in total. The van der Waals surface area contributed by atoms with Gasteiger partial charge in [-0.2, -0.15) is 5.10 Å². The first-order chi connectivity index (χ1) is 12.0. The van der Waals surface area contributed by atoms with Crippen LogP contribution in [0.1, 0.15) is 47.4 Å². The van der Waals surface area contributed by atoms with Crippen molar-refractivity contribution in [3.05, 3.63) is 46.8 Å². The molecule has 1 saturated heterocycles. The molecule has 1 aliphatic rings. The minimum absolute atomic E-state index is 0.0686. The maximum Gasteiger partial charge on any atom is 0.190 e. The molecule has 0 unspecified atom stereocenters. The molecule has 0 aliphatic carbocycles. The van der Waals surface area contributed by atoms with Gasteiger partial charge in [-0.05, 0) is 24.0 Å². The first kappa shape index (κ1) is 17.7. The third kappa shape index (κ3) is 4.29. The molecule has 134 valence electrons. The fourth-order valence-electron chi connectivity index (χ4n) is 2.85. The van der Waals surface area contributed by atoms with Gasteiger partial charge in [0.2, 0.25) is 0 Å². The van der Waals surface area contributed by atoms with Gasteiger partial charge >= 0.3 is 0 Å². The van der Waals surface area contributed by atoms with E-state index in [4.69, 9.17) is 4.74 Å². The van der Waals surface area contributed by atoms with E-state index in [1.54, 1.807) is 6.20 Å². The molecule has 25 heavy (non-hydrogen) atoms. The molecule has 1 fully saturated rings. The maximum absolute atomic E-state index is 14.3. The first-order valence-corrected chi connectivity index (χ1v) is 8.57. The standard InChI is InChI=1S/C18H23FN4O2/c1-11(2)7-14-17(19)18(23-22-14)15(24)8-12-3-4-13(21-9-12)16-10-20-5-6-25-16/h3-4,9,11,16,20H,5-8,10H2,1-2H3,(H,22,23)/t16-/m0/s1. The lowest BCUT2D eigenvalue weighted by molar-refractivity contribution is 0.0250. The first-order valence-electron chi connectivity index (χ1n) is 8.57. The zero-order valence-electron chi connectivity index (χ0n) is 14.5. The van der Waals surface area contributed by atoms with E-state index < -0.39 is 5.82 Å². The Labute approximate surface area is 146 Å². The molecule has 3 heterocycles. The highest BCUT2D eigenvalue weighted by atomic mass is 19.1. The summed E-state index contributed by atoms with van der Waals surface area (Å²) >= 11 is 0. The SMILES string of the molecule is CC(C)Cc1[nH]nc(C(=O)Cc2ccc([C@@H]3CNCCO3)nc2)c1F. The van der Waals surface area contributed by atoms with E-state index in [0.717, 1.165) is 24.3 Å². The van der Waals surface area contributed by atoms with Crippen molar-refractivity contribution in [1.82, 2.24) is 20.5 Å². The molecule has 2 N–H and O–H groups in total. The molecule has 0 bridgehead atoms. The molecule has 2 aromatic rings. The van der Waals surface area contributed by atoms with E-state index >= 15 is 0 Å². The van der Waals surface area contributed by atoms with Gasteiger partial charge in [-0.3, -0.25) is 14.9 Å². The fraction of sp³-hybridized carbons (Fsp3) is 0.500. The summed E-state index contributed by atoms with van der Waals surface area (Å²) in [6, 6.07) is 3.68. The topological polar surface area (TPSA) is 79.9 Å². The van der Waals surface area contributed by atoms with Crippen LogP contribution in [0, 0.1) is 11.7 Å². The van der Waals surface area contributed by atoms with Crippen molar-refractivity contribution in [2.24, 2.45) is 5.92 Å². The van der Waals surface area contributed by atoms with Crippen molar-refractivity contribution in [3.8, 4) is 0 Å². The normalized spacial score (nSPS) is 17.8. The monoisotopic (exact) mass is 346 g/mol. The number of H-pyrrole nitrogens is 1. The minimum Gasteiger partial charge on any atom is -0.369 e. The van der Waals surface area contributed by atoms with Gasteiger partial charge in [-0.15, -0.1) is 0 Å². The Morgan fingerprint density at radius 1 is 1.44 bits per heavy atom. The van der Waals surface area contributed by atoms with Gasteiger partial charge in [0, 0.05) is 25.7 Å². The van der Waals surface area contributed by atoms with Crippen LogP contribution in [0.4, 0.5) is 4.39 Å². The van der Waals surface area contributed by atoms with Crippen LogP contribution >= 0.6 is 0 Å². The Morgan fingerprint density at radius 2 is 2.28 bits per heavy atom. The molecule has 0 amide bonds. The van der Waals surface area contributed by atoms with E-state index in [-0.39, 0.29) is 29.9 Å². The van der Waals surface area contributed by atoms with Crippen molar-refractivity contribution in [2.45, 2.75) is 32.8 Å². The van der Waals surface area contributed by atoms with Gasteiger partial charge in [0.05, 0.1) is 18.0 Å². The highest BCUT2D eigenvalue weighted by Crippen LogP contribution is 2.18. The fourth-order valence-corrected chi connectivity index (χ4v) is 2.85. The van der Waals surface area contributed by atoms with Crippen LogP contribution < -0.4 is 5.32 Å². The number of morpholine rings is 1. The average molecular weight is 346 g/mol. The van der Waals surface area contributed by atoms with Crippen molar-refractivity contribution in [1.29, 1.82) is 0 Å². The molecule has 7 heteroatoms. The lowest BCUT2D eigenvalue weighted by Crippen LogP contribution is -2.33. The number of nitrogens with one attached hydrogen (secondary N) is 2. The number of pyridine rings is 1. The van der Waals surface area contributed by atoms with Crippen LogP contribution in [0.15, 0.2) is 18.3 Å². The largest absolute Gasteiger partial charge is 0.369 e. The summed E-state index contributed by atoms with van der Waals surface area (Å²) in [5.41, 5.74) is 1.81. The Kier molecular flexibility index (Phi) is 5.55. The molecule has 1 aliphatic heterocycles. The number of halogens is 1. The molecule has 0 saturated carbocycles. The molecule has 2 aromatic heterocycles. The highest BCUT2D eigenvalue weighted by Gasteiger charge is 2.21. The smallest absolute Gasteiger partial charge is 0.190 e. The van der Waals surface area contributed by atoms with Crippen LogP contribution in [-0.4, -0.2) is 40.7 Å². The lowest BCUT2D eigenvalue weighted by Gasteiger charge is -2.23. The molecule has 0 aromatic carbocycles. The minimum atomic E-state index is -0.537. The predicted octanol–water partition coefficient (Wildman–Crippen LogP) is 2.23. The Morgan fingerprint density at radius 3 is 2.92 bits per heavy atom. The number of hydrogen-bond donors (Lipinski definition) is 2. The van der Waals surface area contributed by atoms with Crippen molar-refractivity contribution in [3.63, 3.8) is 0 Å². The number of carbonyl (C=O) groups is 1. The second kappa shape index (κ2) is 7.84. The molecular formula is C18H23FN4O2. The second-order valence-electron chi connectivity index (χ2n) is 6.72. The number of carbonyl (C=O) groups excluding carboxylic acids is 1. The van der Waals surface area contributed by atoms with Gasteiger partial charge in [-0.25, -0.2) is 4.39 Å². The van der Waals surface area contributed by atoms with Gasteiger partial charge in [-0.1, -0.05) is 19.9 Å². The van der Waals surface area contributed by atoms with Crippen LogP contribution in [0.25, 0.3) is 0 Å². The third-order valence-corrected chi connectivity index (χ3v) is 4.12. The van der Waals surface area contributed by atoms with Crippen LogP contribution in [0.2, 0.25) is 0 Å². The van der Waals surface area contributed by atoms with E-state index in [2.05, 4.69) is 20.5 Å². The quantitative estimate of drug-likeness (QED) is 0.784. The zero-order valence-corrected chi connectivity index (χ0v) is 14.5. The Balaban J connectivity index is 1.65. The summed E-state index contributed by atoms with van der Waals surface area (Å²) in [5, 5.41) is 9.75. The van der Waals surface area contributed by atoms with Gasteiger partial charge in [0.15, 0.2) is 17.3 Å². The summed E-state index contributed by atoms with van der Waals surface area (Å²) in [6.07, 6.45) is 2.17. The average Bonchev–Trinajstić information content (AvgIpc) is 2.96. The van der Waals surface area contributed by atoms with E-state index in [9.17, 15) is 9.18 Å². The molecule has 3 rings (SSSR count). The van der Waals surface area contributed by atoms with Gasteiger partial charge in [0.1, 0.15) is 6.10 Å². The van der Waals surface area contributed by atoms with Crippen molar-refractivity contribution in [2.75, 3.05) is 19.7 Å². The summed E-state index contributed by atoms with van der Waals surface area (Å²) in [7, 11) is 0. The van der Waals surface area contributed by atoms with Crippen molar-refractivity contribution < 1.29 is 13.9 Å². The lowest BCUT2D eigenvalue weighted by atomic mass is 10.0. The summed E-state index contributed by atoms with van der Waals surface area (Å²) in [4.78, 5) is 16.7. The summed E-state index contributed by atoms with van der Waals surface area (Å²) in [6.45, 7) is 6.20. The van der Waals surface area contributed by atoms with Gasteiger partial charge < -0.3 is 10.1 Å². The number of rotatable bonds is 6. The maximum atomic E-state index is 14.3. The predicted molar refractivity (Wildman–Crippen MR) is 90.9 cm³/mol. The second-order valence-corrected chi connectivity index (χ2v) is 6.72. The number of ketones is 1. The van der Waals surface area contributed by atoms with E-state index in [0.29, 0.717) is 18.7 Å². The Hall–Kier alpha value is -2.12. The zero-order chi connectivity index (χ0) is 17.8. The van der Waals surface area contributed by atoms with Crippen LogP contribution in [0.5, 0.6) is 0 Å². The van der Waals surface area contributed by atoms with E-state index in [1.165, 1.54) is 0 Å². The number of hydrogen-bond acceptors (Lipinski definition) is 5. The molecule has 0 spiro atoms. The Bertz CT molecular complexity index is 721. The highest BCUT2D eigenvalue weighted by molar-refractivity contribution is 5.96. The van der Waals surface area contributed by atoms with Crippen LogP contribution in [0.3, 0.4) is 0 Å². The molecule has 0 radical (unpaired) electrons. The van der Waals surface area contributed by atoms with Gasteiger partial charge in [0.25, 0.3) is 0 Å². The molecule has 1 atom stereocenters. The number of Topliss-reactive ketones (excluding diaryl/α,β-unsaturated/α-hetero) is 1. The number of nitrogens with zero attached hydrogens (tertiary/aromatic N) is 2.